The third kappa shape index (κ3) is 4.82. The molecule has 1 amide bonds. The normalized spacial score (nSPS) is 11.3. The fraction of sp³-hybridized carbons (Fsp3) is 0.350. The van der Waals surface area contributed by atoms with Crippen molar-refractivity contribution < 1.29 is 22.7 Å². The molecule has 0 aliphatic rings. The summed E-state index contributed by atoms with van der Waals surface area (Å²) >= 11 is 0. The van der Waals surface area contributed by atoms with Gasteiger partial charge in [-0.15, -0.1) is 0 Å². The Kier molecular flexibility index (Phi) is 7.42. The van der Waals surface area contributed by atoms with Crippen molar-refractivity contribution in [2.75, 3.05) is 32.1 Å². The van der Waals surface area contributed by atoms with Crippen LogP contribution in [0.3, 0.4) is 0 Å². The topological polar surface area (TPSA) is 84.9 Å². The van der Waals surface area contributed by atoms with Gasteiger partial charge in [0.2, 0.25) is 10.0 Å². The van der Waals surface area contributed by atoms with Crippen LogP contribution in [0.4, 0.5) is 5.69 Å². The molecule has 0 saturated heterocycles. The molecule has 0 bridgehead atoms. The smallest absolute Gasteiger partial charge is 0.255 e. The van der Waals surface area contributed by atoms with Crippen molar-refractivity contribution in [3.8, 4) is 11.5 Å². The Balaban J connectivity index is 2.42. The molecule has 0 heterocycles. The third-order valence-electron chi connectivity index (χ3n) is 4.17. The fourth-order valence-corrected chi connectivity index (χ4v) is 4.20. The number of benzene rings is 2. The van der Waals surface area contributed by atoms with Crippen LogP contribution in [0.25, 0.3) is 0 Å². The van der Waals surface area contributed by atoms with E-state index in [1.54, 1.807) is 44.2 Å². The average molecular weight is 407 g/mol. The number of sulfonamides is 1. The number of amides is 1. The van der Waals surface area contributed by atoms with Crippen LogP contribution in [0.2, 0.25) is 0 Å². The van der Waals surface area contributed by atoms with E-state index in [-0.39, 0.29) is 4.90 Å². The van der Waals surface area contributed by atoms with Gasteiger partial charge in [0.25, 0.3) is 5.91 Å². The maximum absolute atomic E-state index is 12.8. The number of methoxy groups -OCH3 is 1. The molecule has 0 aliphatic carbocycles. The molecule has 0 aromatic heterocycles. The standard InChI is InChI=1S/C20H26N2O5S/c1-5-22(6-2)28(24,25)17-11-12-19(27-7-3)18(14-17)21-20(23)15-9-8-10-16(13-15)26-4/h8-14H,5-7H2,1-4H3,(H,21,23). The highest BCUT2D eigenvalue weighted by atomic mass is 32.2. The van der Waals surface area contributed by atoms with Crippen LogP contribution in [-0.4, -0.2) is 45.4 Å². The van der Waals surface area contributed by atoms with Crippen LogP contribution >= 0.6 is 0 Å². The second kappa shape index (κ2) is 9.57. The summed E-state index contributed by atoms with van der Waals surface area (Å²) in [4.78, 5) is 12.8. The number of nitrogens with zero attached hydrogens (tertiary/aromatic N) is 1. The van der Waals surface area contributed by atoms with Gasteiger partial charge in [0.1, 0.15) is 11.5 Å². The number of hydrogen-bond donors (Lipinski definition) is 1. The molecular formula is C20H26N2O5S. The van der Waals surface area contributed by atoms with Crippen molar-refractivity contribution in [2.45, 2.75) is 25.7 Å². The molecule has 1 N–H and O–H groups in total. The first-order chi connectivity index (χ1) is 13.4. The summed E-state index contributed by atoms with van der Waals surface area (Å²) in [6, 6.07) is 11.2. The van der Waals surface area contributed by atoms with E-state index >= 15 is 0 Å². The van der Waals surface area contributed by atoms with E-state index in [0.29, 0.717) is 42.4 Å². The third-order valence-corrected chi connectivity index (χ3v) is 6.22. The maximum atomic E-state index is 12.8. The SMILES string of the molecule is CCOc1ccc(S(=O)(=O)N(CC)CC)cc1NC(=O)c1cccc(OC)c1. The molecule has 2 aromatic carbocycles. The first kappa shape index (κ1) is 21.7. The molecule has 28 heavy (non-hydrogen) atoms. The molecule has 0 radical (unpaired) electrons. The predicted octanol–water partition coefficient (Wildman–Crippen LogP) is 3.38. The maximum Gasteiger partial charge on any atom is 0.255 e. The van der Waals surface area contributed by atoms with Crippen LogP contribution in [0.15, 0.2) is 47.4 Å². The first-order valence-corrected chi connectivity index (χ1v) is 10.5. The Morgan fingerprint density at radius 3 is 2.39 bits per heavy atom. The molecule has 7 nitrogen and oxygen atoms in total. The van der Waals surface area contributed by atoms with Crippen molar-refractivity contribution in [2.24, 2.45) is 0 Å². The second-order valence-electron chi connectivity index (χ2n) is 5.87. The van der Waals surface area contributed by atoms with E-state index in [1.807, 2.05) is 6.92 Å². The highest BCUT2D eigenvalue weighted by Gasteiger charge is 2.23. The Hall–Kier alpha value is -2.58. The first-order valence-electron chi connectivity index (χ1n) is 9.09. The lowest BCUT2D eigenvalue weighted by atomic mass is 10.2. The Morgan fingerprint density at radius 1 is 1.07 bits per heavy atom. The molecule has 0 spiro atoms. The van der Waals surface area contributed by atoms with Gasteiger partial charge < -0.3 is 14.8 Å². The summed E-state index contributed by atoms with van der Waals surface area (Å²) in [5, 5.41) is 2.75. The van der Waals surface area contributed by atoms with E-state index in [2.05, 4.69) is 5.32 Å². The van der Waals surface area contributed by atoms with Gasteiger partial charge in [-0.1, -0.05) is 19.9 Å². The Labute approximate surface area is 166 Å². The van der Waals surface area contributed by atoms with Gasteiger partial charge in [0.15, 0.2) is 0 Å². The zero-order valence-electron chi connectivity index (χ0n) is 16.6. The highest BCUT2D eigenvalue weighted by molar-refractivity contribution is 7.89. The van der Waals surface area contributed by atoms with Crippen molar-refractivity contribution in [3.63, 3.8) is 0 Å². The quantitative estimate of drug-likeness (QED) is 0.690. The Morgan fingerprint density at radius 2 is 1.79 bits per heavy atom. The summed E-state index contributed by atoms with van der Waals surface area (Å²) in [7, 11) is -2.14. The van der Waals surface area contributed by atoms with E-state index in [1.165, 1.54) is 23.5 Å². The second-order valence-corrected chi connectivity index (χ2v) is 7.80. The number of nitrogens with one attached hydrogen (secondary N) is 1. The number of ether oxygens (including phenoxy) is 2. The molecule has 8 heteroatoms. The van der Waals surface area contributed by atoms with Crippen molar-refractivity contribution in [1.82, 2.24) is 4.31 Å². The van der Waals surface area contributed by atoms with Gasteiger partial charge in [-0.05, 0) is 43.3 Å². The predicted molar refractivity (Wildman–Crippen MR) is 109 cm³/mol. The van der Waals surface area contributed by atoms with Gasteiger partial charge in [-0.3, -0.25) is 4.79 Å². The molecule has 0 saturated carbocycles. The van der Waals surface area contributed by atoms with Crippen LogP contribution in [0.1, 0.15) is 31.1 Å². The molecule has 0 aliphatic heterocycles. The lowest BCUT2D eigenvalue weighted by Gasteiger charge is -2.20. The van der Waals surface area contributed by atoms with Crippen LogP contribution < -0.4 is 14.8 Å². The van der Waals surface area contributed by atoms with Crippen LogP contribution in [0, 0.1) is 0 Å². The lowest BCUT2D eigenvalue weighted by molar-refractivity contribution is 0.102. The number of hydrogen-bond acceptors (Lipinski definition) is 5. The lowest BCUT2D eigenvalue weighted by Crippen LogP contribution is -2.30. The van der Waals surface area contributed by atoms with Gasteiger partial charge in [0.05, 0.1) is 24.3 Å². The minimum atomic E-state index is -3.66. The number of anilines is 1. The van der Waals surface area contributed by atoms with Gasteiger partial charge in [-0.2, -0.15) is 4.31 Å². The van der Waals surface area contributed by atoms with Gasteiger partial charge in [0, 0.05) is 18.7 Å². The van der Waals surface area contributed by atoms with Crippen molar-refractivity contribution >= 4 is 21.6 Å². The molecule has 152 valence electrons. The van der Waals surface area contributed by atoms with Crippen molar-refractivity contribution in [1.29, 1.82) is 0 Å². The molecule has 0 atom stereocenters. The summed E-state index contributed by atoms with van der Waals surface area (Å²) in [5.41, 5.74) is 0.682. The van der Waals surface area contributed by atoms with E-state index < -0.39 is 15.9 Å². The highest BCUT2D eigenvalue weighted by Crippen LogP contribution is 2.30. The zero-order chi connectivity index (χ0) is 20.7. The largest absolute Gasteiger partial charge is 0.497 e. The summed E-state index contributed by atoms with van der Waals surface area (Å²) in [6.07, 6.45) is 0. The molecular weight excluding hydrogens is 380 g/mol. The van der Waals surface area contributed by atoms with E-state index in [0.717, 1.165) is 0 Å². The summed E-state index contributed by atoms with van der Waals surface area (Å²) in [5.74, 6) is 0.560. The van der Waals surface area contributed by atoms with E-state index in [9.17, 15) is 13.2 Å². The monoisotopic (exact) mass is 406 g/mol. The summed E-state index contributed by atoms with van der Waals surface area (Å²) < 4.78 is 37.7. The van der Waals surface area contributed by atoms with Crippen LogP contribution in [0.5, 0.6) is 11.5 Å². The molecule has 2 aromatic rings. The number of carbonyl (C=O) groups excluding carboxylic acids is 1. The fourth-order valence-electron chi connectivity index (χ4n) is 2.72. The van der Waals surface area contributed by atoms with Crippen molar-refractivity contribution in [3.05, 3.63) is 48.0 Å². The van der Waals surface area contributed by atoms with Gasteiger partial charge in [-0.25, -0.2) is 8.42 Å². The molecule has 2 rings (SSSR count). The Bertz CT molecular complexity index is 924. The van der Waals surface area contributed by atoms with Crippen LogP contribution in [-0.2, 0) is 10.0 Å². The van der Waals surface area contributed by atoms with Gasteiger partial charge >= 0.3 is 0 Å². The molecule has 0 unspecified atom stereocenters. The van der Waals surface area contributed by atoms with E-state index in [4.69, 9.17) is 9.47 Å². The number of rotatable bonds is 9. The minimum absolute atomic E-state index is 0.0978. The minimum Gasteiger partial charge on any atom is -0.497 e. The summed E-state index contributed by atoms with van der Waals surface area (Å²) in [6.45, 7) is 6.47. The average Bonchev–Trinajstić information content (AvgIpc) is 2.70. The zero-order valence-corrected chi connectivity index (χ0v) is 17.4. The molecule has 0 fully saturated rings. The number of carbonyl (C=O) groups is 1.